The lowest BCUT2D eigenvalue weighted by molar-refractivity contribution is -0.145. The number of carbonyl (C=O) groups excluding carboxylic acids is 1. The highest BCUT2D eigenvalue weighted by atomic mass is 32.1. The number of carbonyl (C=O) groups is 1. The van der Waals surface area contributed by atoms with E-state index in [9.17, 15) is 4.79 Å². The standard InChI is InChI=1S/C6H11NO6S/c8-1-2(9)3(10)4(11)5(12)6(13)7-14/h2-5,8-12H,1H2/t2-,3-,4+,5-/m1/s1. The van der Waals surface area contributed by atoms with E-state index in [1.165, 1.54) is 0 Å². The Labute approximate surface area is 84.8 Å². The van der Waals surface area contributed by atoms with Gasteiger partial charge in [0.2, 0.25) is 0 Å². The Kier molecular flexibility index (Phi) is 5.84. The summed E-state index contributed by atoms with van der Waals surface area (Å²) >= 11 is 3.96. The Morgan fingerprint density at radius 3 is 2.07 bits per heavy atom. The van der Waals surface area contributed by atoms with Crippen molar-refractivity contribution in [1.82, 2.24) is 0 Å². The van der Waals surface area contributed by atoms with Gasteiger partial charge in [-0.25, -0.2) is 0 Å². The van der Waals surface area contributed by atoms with Gasteiger partial charge in [0, 0.05) is 12.4 Å². The highest BCUT2D eigenvalue weighted by Crippen LogP contribution is 2.06. The minimum atomic E-state index is -2.01. The molecule has 0 saturated heterocycles. The molecule has 0 radical (unpaired) electrons. The van der Waals surface area contributed by atoms with Crippen LogP contribution in [0.5, 0.6) is 0 Å². The number of amides is 1. The lowest BCUT2D eigenvalue weighted by Crippen LogP contribution is -2.48. The first-order chi connectivity index (χ1) is 6.45. The molecule has 82 valence electrons. The summed E-state index contributed by atoms with van der Waals surface area (Å²) in [6, 6.07) is 0. The van der Waals surface area contributed by atoms with Crippen molar-refractivity contribution in [3.63, 3.8) is 0 Å². The quantitative estimate of drug-likeness (QED) is 0.331. The molecule has 0 aromatic heterocycles. The number of nitrogens with zero attached hydrogens (tertiary/aromatic N) is 1. The fourth-order valence-corrected chi connectivity index (χ4v) is 0.830. The summed E-state index contributed by atoms with van der Waals surface area (Å²) in [4.78, 5) is 10.6. The van der Waals surface area contributed by atoms with Crippen molar-refractivity contribution >= 4 is 18.3 Å². The fourth-order valence-electron chi connectivity index (χ4n) is 0.722. The van der Waals surface area contributed by atoms with Crippen molar-refractivity contribution in [2.24, 2.45) is 4.36 Å². The van der Waals surface area contributed by atoms with Crippen LogP contribution in [0.3, 0.4) is 0 Å². The van der Waals surface area contributed by atoms with Gasteiger partial charge in [0.15, 0.2) is 6.10 Å². The molecule has 0 spiro atoms. The molecule has 14 heavy (non-hydrogen) atoms. The molecule has 4 atom stereocenters. The highest BCUT2D eigenvalue weighted by Gasteiger charge is 2.33. The second kappa shape index (κ2) is 6.06. The van der Waals surface area contributed by atoms with Gasteiger partial charge < -0.3 is 25.5 Å². The summed E-state index contributed by atoms with van der Waals surface area (Å²) in [5.41, 5.74) is 0. The van der Waals surface area contributed by atoms with Crippen molar-refractivity contribution in [3.8, 4) is 0 Å². The molecule has 0 bridgehead atoms. The van der Waals surface area contributed by atoms with Crippen molar-refractivity contribution in [2.45, 2.75) is 24.4 Å². The molecule has 0 aromatic rings. The maximum absolute atomic E-state index is 10.6. The van der Waals surface area contributed by atoms with E-state index in [1.54, 1.807) is 0 Å². The molecule has 0 aliphatic rings. The number of rotatable bonds is 5. The van der Waals surface area contributed by atoms with Crippen LogP contribution in [0.4, 0.5) is 0 Å². The molecule has 0 fully saturated rings. The smallest absolute Gasteiger partial charge is 0.288 e. The van der Waals surface area contributed by atoms with Crippen molar-refractivity contribution in [2.75, 3.05) is 6.61 Å². The minimum Gasteiger partial charge on any atom is -0.394 e. The van der Waals surface area contributed by atoms with Crippen molar-refractivity contribution in [3.05, 3.63) is 0 Å². The Hall–Kier alpha value is -0.510. The monoisotopic (exact) mass is 225 g/mol. The van der Waals surface area contributed by atoms with Gasteiger partial charge in [-0.05, 0) is 0 Å². The third-order valence-electron chi connectivity index (χ3n) is 1.60. The molecule has 8 heteroatoms. The molecule has 1 amide bonds. The van der Waals surface area contributed by atoms with E-state index in [1.807, 2.05) is 0 Å². The summed E-state index contributed by atoms with van der Waals surface area (Å²) < 4.78 is 2.66. The molecule has 0 saturated carbocycles. The van der Waals surface area contributed by atoms with Gasteiger partial charge in [-0.1, -0.05) is 0 Å². The molecule has 5 N–H and O–H groups in total. The third kappa shape index (κ3) is 3.33. The van der Waals surface area contributed by atoms with E-state index in [0.717, 1.165) is 0 Å². The summed E-state index contributed by atoms with van der Waals surface area (Å²) in [5, 5.41) is 44.4. The zero-order valence-corrected chi connectivity index (χ0v) is 7.83. The fraction of sp³-hybridized carbons (Fsp3) is 0.833. The van der Waals surface area contributed by atoms with Crippen LogP contribution in [0.1, 0.15) is 0 Å². The van der Waals surface area contributed by atoms with E-state index in [4.69, 9.17) is 25.5 Å². The Balaban J connectivity index is 4.37. The SMILES string of the molecule is O=C(N=S)[C@H](O)[C@@H](O)[C@H](O)[C@H](O)CO. The molecule has 7 nitrogen and oxygen atoms in total. The number of aliphatic hydroxyl groups is 5. The van der Waals surface area contributed by atoms with E-state index in [0.29, 0.717) is 0 Å². The molecule has 0 heterocycles. The lowest BCUT2D eigenvalue weighted by Gasteiger charge is -2.23. The molecule has 0 aliphatic heterocycles. The van der Waals surface area contributed by atoms with Crippen molar-refractivity contribution < 1.29 is 30.3 Å². The van der Waals surface area contributed by atoms with Crippen molar-refractivity contribution in [1.29, 1.82) is 0 Å². The Morgan fingerprint density at radius 1 is 1.21 bits per heavy atom. The van der Waals surface area contributed by atoms with Gasteiger partial charge in [0.25, 0.3) is 5.91 Å². The molecule has 0 aromatic carbocycles. The van der Waals surface area contributed by atoms with Crippen LogP contribution in [0.2, 0.25) is 0 Å². The average Bonchev–Trinajstić information content (AvgIpc) is 2.23. The van der Waals surface area contributed by atoms with Crippen LogP contribution in [-0.2, 0) is 17.2 Å². The molecule has 0 aliphatic carbocycles. The maximum atomic E-state index is 10.6. The van der Waals surface area contributed by atoms with Gasteiger partial charge in [0.05, 0.1) is 6.61 Å². The zero-order chi connectivity index (χ0) is 11.3. The van der Waals surface area contributed by atoms with E-state index >= 15 is 0 Å². The van der Waals surface area contributed by atoms with Crippen LogP contribution in [0.15, 0.2) is 4.36 Å². The minimum absolute atomic E-state index is 0.815. The van der Waals surface area contributed by atoms with E-state index in [2.05, 4.69) is 16.8 Å². The molecule has 0 unspecified atom stereocenters. The van der Waals surface area contributed by atoms with E-state index in [-0.39, 0.29) is 0 Å². The van der Waals surface area contributed by atoms with Crippen LogP contribution in [0, 0.1) is 0 Å². The first-order valence-electron chi connectivity index (χ1n) is 3.66. The predicted molar refractivity (Wildman–Crippen MR) is 45.9 cm³/mol. The first-order valence-corrected chi connectivity index (χ1v) is 4.02. The second-order valence-electron chi connectivity index (χ2n) is 2.61. The largest absolute Gasteiger partial charge is 0.394 e. The number of hydrogen-bond acceptors (Lipinski definition) is 7. The first kappa shape index (κ1) is 13.5. The Bertz CT molecular complexity index is 212. The van der Waals surface area contributed by atoms with Crippen LogP contribution in [0.25, 0.3) is 0 Å². The summed E-state index contributed by atoms with van der Waals surface area (Å²) in [5.74, 6) is -1.20. The van der Waals surface area contributed by atoms with Gasteiger partial charge in [-0.15, -0.1) is 4.36 Å². The van der Waals surface area contributed by atoms with Crippen LogP contribution >= 0.6 is 0 Å². The maximum Gasteiger partial charge on any atom is 0.288 e. The van der Waals surface area contributed by atoms with Gasteiger partial charge in [-0.2, -0.15) is 0 Å². The second-order valence-corrected chi connectivity index (χ2v) is 2.79. The molecular weight excluding hydrogens is 214 g/mol. The number of hydrogen-bond donors (Lipinski definition) is 5. The van der Waals surface area contributed by atoms with Crippen LogP contribution < -0.4 is 0 Å². The summed E-state index contributed by atoms with van der Waals surface area (Å²) in [7, 11) is 0. The van der Waals surface area contributed by atoms with Gasteiger partial charge in [-0.3, -0.25) is 4.79 Å². The summed E-state index contributed by atoms with van der Waals surface area (Å²) in [6.45, 7) is -0.815. The average molecular weight is 225 g/mol. The zero-order valence-electron chi connectivity index (χ0n) is 7.02. The predicted octanol–water partition coefficient (Wildman–Crippen LogP) is -3.32. The van der Waals surface area contributed by atoms with Crippen LogP contribution in [-0.4, -0.2) is 62.5 Å². The van der Waals surface area contributed by atoms with Gasteiger partial charge in [0.1, 0.15) is 18.3 Å². The molecule has 0 rings (SSSR count). The highest BCUT2D eigenvalue weighted by molar-refractivity contribution is 7.47. The normalized spacial score (nSPS) is 19.5. The van der Waals surface area contributed by atoms with Gasteiger partial charge >= 0.3 is 0 Å². The molecular formula is C6H11NO6S. The Morgan fingerprint density at radius 2 is 1.71 bits per heavy atom. The summed E-state index contributed by atoms with van der Waals surface area (Å²) in [6.07, 6.45) is -7.46. The third-order valence-corrected chi connectivity index (χ3v) is 1.78. The van der Waals surface area contributed by atoms with E-state index < -0.39 is 36.9 Å². The number of aliphatic hydroxyl groups excluding tert-OH is 5. The topological polar surface area (TPSA) is 131 Å². The lowest BCUT2D eigenvalue weighted by atomic mass is 10.0.